The van der Waals surface area contributed by atoms with Crippen molar-refractivity contribution in [2.45, 2.75) is 31.7 Å². The number of amides is 1. The van der Waals surface area contributed by atoms with Crippen LogP contribution in [0.25, 0.3) is 21.8 Å². The summed E-state index contributed by atoms with van der Waals surface area (Å²) in [5.74, 6) is -1.04. The average molecular weight is 390 g/mol. The second kappa shape index (κ2) is 7.99. The Morgan fingerprint density at radius 1 is 1.07 bits per heavy atom. The summed E-state index contributed by atoms with van der Waals surface area (Å²) in [7, 11) is 1.30. The van der Waals surface area contributed by atoms with Gasteiger partial charge in [-0.3, -0.25) is 9.59 Å². The van der Waals surface area contributed by atoms with Crippen LogP contribution in [0.4, 0.5) is 0 Å². The van der Waals surface area contributed by atoms with Crippen molar-refractivity contribution in [1.82, 2.24) is 10.3 Å². The lowest BCUT2D eigenvalue weighted by Gasteiger charge is -2.28. The average Bonchev–Trinajstić information content (AvgIpc) is 2.75. The van der Waals surface area contributed by atoms with Crippen LogP contribution in [0.3, 0.4) is 0 Å². The van der Waals surface area contributed by atoms with E-state index in [9.17, 15) is 14.4 Å². The van der Waals surface area contributed by atoms with Gasteiger partial charge in [0.2, 0.25) is 0 Å². The first-order valence-corrected chi connectivity index (χ1v) is 9.76. The Morgan fingerprint density at radius 2 is 1.69 bits per heavy atom. The maximum Gasteiger partial charge on any atom is 0.328 e. The number of rotatable bonds is 4. The predicted octanol–water partition coefficient (Wildman–Crippen LogP) is 3.42. The molecule has 6 heteroatoms. The van der Waals surface area contributed by atoms with E-state index in [0.717, 1.165) is 0 Å². The molecule has 1 aromatic heterocycles. The van der Waals surface area contributed by atoms with E-state index in [2.05, 4.69) is 10.3 Å². The third kappa shape index (κ3) is 3.70. The van der Waals surface area contributed by atoms with Gasteiger partial charge in [-0.1, -0.05) is 36.4 Å². The van der Waals surface area contributed by atoms with Crippen molar-refractivity contribution >= 4 is 39.5 Å². The van der Waals surface area contributed by atoms with Gasteiger partial charge in [-0.25, -0.2) is 9.78 Å². The molecular weight excluding hydrogens is 368 g/mol. The fourth-order valence-corrected chi connectivity index (χ4v) is 4.14. The number of carbonyl (C=O) groups is 3. The normalized spacial score (nSPS) is 17.8. The van der Waals surface area contributed by atoms with Crippen molar-refractivity contribution in [3.05, 3.63) is 54.1 Å². The number of esters is 1. The highest BCUT2D eigenvalue weighted by atomic mass is 16.5. The zero-order chi connectivity index (χ0) is 20.4. The highest BCUT2D eigenvalue weighted by Crippen LogP contribution is 2.28. The van der Waals surface area contributed by atoms with Crippen LogP contribution in [0.5, 0.6) is 0 Å². The summed E-state index contributed by atoms with van der Waals surface area (Å²) in [6.45, 7) is 0. The van der Waals surface area contributed by atoms with Gasteiger partial charge in [0.05, 0.1) is 23.7 Å². The molecule has 4 rings (SSSR count). The standard InChI is InChI=1S/C23H22N2O4/c1-29-23(28)21(14-7-6-8-15(26)13-14)25-22(27)20-16-9-2-4-11-18(16)24-19-12-5-3-10-17(19)20/h2-5,9-12,14,21H,6-8,13H2,1H3,(H,25,27)/t14-,21+/m1/s1. The van der Waals surface area contributed by atoms with E-state index in [1.165, 1.54) is 7.11 Å². The lowest BCUT2D eigenvalue weighted by molar-refractivity contribution is -0.145. The smallest absolute Gasteiger partial charge is 0.328 e. The first-order chi connectivity index (χ1) is 14.1. The van der Waals surface area contributed by atoms with E-state index >= 15 is 0 Å². The number of ether oxygens (including phenoxy) is 1. The molecule has 1 aliphatic carbocycles. The number of aromatic nitrogens is 1. The number of hydrogen-bond acceptors (Lipinski definition) is 5. The second-order valence-electron chi connectivity index (χ2n) is 7.39. The molecule has 0 unspecified atom stereocenters. The Bertz CT molecular complexity index is 1050. The number of Topliss-reactive ketones (excluding diaryl/α,β-unsaturated/α-hetero) is 1. The zero-order valence-corrected chi connectivity index (χ0v) is 16.2. The van der Waals surface area contributed by atoms with Crippen molar-refractivity contribution in [2.24, 2.45) is 5.92 Å². The summed E-state index contributed by atoms with van der Waals surface area (Å²) in [5, 5.41) is 4.29. The molecule has 0 radical (unpaired) electrons. The minimum atomic E-state index is -0.859. The van der Waals surface area contributed by atoms with E-state index in [0.29, 0.717) is 46.6 Å². The van der Waals surface area contributed by atoms with Crippen LogP contribution >= 0.6 is 0 Å². The number of fused-ring (bicyclic) bond motifs is 2. The van der Waals surface area contributed by atoms with E-state index in [1.54, 1.807) is 0 Å². The minimum Gasteiger partial charge on any atom is -0.467 e. The number of pyridine rings is 1. The van der Waals surface area contributed by atoms with Gasteiger partial charge in [0.1, 0.15) is 11.8 Å². The molecule has 1 saturated carbocycles. The van der Waals surface area contributed by atoms with Crippen LogP contribution in [0, 0.1) is 5.92 Å². The molecule has 2 atom stereocenters. The lowest BCUT2D eigenvalue weighted by Crippen LogP contribution is -2.48. The third-order valence-corrected chi connectivity index (χ3v) is 5.55. The number of benzene rings is 2. The Hall–Kier alpha value is -3.28. The van der Waals surface area contributed by atoms with Gasteiger partial charge in [-0.2, -0.15) is 0 Å². The maximum atomic E-state index is 13.4. The molecule has 1 N–H and O–H groups in total. The molecule has 29 heavy (non-hydrogen) atoms. The fraction of sp³-hybridized carbons (Fsp3) is 0.304. The van der Waals surface area contributed by atoms with E-state index in [1.807, 2.05) is 48.5 Å². The van der Waals surface area contributed by atoms with Crippen LogP contribution in [-0.4, -0.2) is 35.8 Å². The molecule has 0 saturated heterocycles. The van der Waals surface area contributed by atoms with Gasteiger partial charge in [-0.15, -0.1) is 0 Å². The molecule has 1 heterocycles. The molecule has 1 fully saturated rings. The van der Waals surface area contributed by atoms with Gasteiger partial charge in [0.15, 0.2) is 0 Å². The quantitative estimate of drug-likeness (QED) is 0.545. The number of para-hydroxylation sites is 2. The Kier molecular flexibility index (Phi) is 5.25. The van der Waals surface area contributed by atoms with Crippen molar-refractivity contribution in [1.29, 1.82) is 0 Å². The van der Waals surface area contributed by atoms with Gasteiger partial charge < -0.3 is 10.1 Å². The number of nitrogens with one attached hydrogen (secondary N) is 1. The van der Waals surface area contributed by atoms with Crippen molar-refractivity contribution in [2.75, 3.05) is 7.11 Å². The fourth-order valence-electron chi connectivity index (χ4n) is 4.14. The number of nitrogens with zero attached hydrogens (tertiary/aromatic N) is 1. The molecule has 0 bridgehead atoms. The highest BCUT2D eigenvalue weighted by molar-refractivity contribution is 6.16. The van der Waals surface area contributed by atoms with Crippen LogP contribution in [0.2, 0.25) is 0 Å². The minimum absolute atomic E-state index is 0.115. The Morgan fingerprint density at radius 3 is 2.28 bits per heavy atom. The van der Waals surface area contributed by atoms with Crippen LogP contribution < -0.4 is 5.32 Å². The summed E-state index contributed by atoms with van der Waals surface area (Å²) in [4.78, 5) is 42.4. The second-order valence-corrected chi connectivity index (χ2v) is 7.39. The molecule has 3 aromatic rings. The van der Waals surface area contributed by atoms with Crippen LogP contribution in [0.15, 0.2) is 48.5 Å². The van der Waals surface area contributed by atoms with Crippen LogP contribution in [-0.2, 0) is 14.3 Å². The lowest BCUT2D eigenvalue weighted by atomic mass is 9.83. The molecule has 2 aromatic carbocycles. The molecule has 1 amide bonds. The Labute approximate surface area is 168 Å². The molecule has 1 aliphatic rings. The number of ketones is 1. The van der Waals surface area contributed by atoms with E-state index < -0.39 is 12.0 Å². The zero-order valence-electron chi connectivity index (χ0n) is 16.2. The van der Waals surface area contributed by atoms with Gasteiger partial charge in [-0.05, 0) is 30.9 Å². The summed E-state index contributed by atoms with van der Waals surface area (Å²) in [6, 6.07) is 14.0. The van der Waals surface area contributed by atoms with Gasteiger partial charge >= 0.3 is 5.97 Å². The number of carbonyl (C=O) groups excluding carboxylic acids is 3. The molecule has 0 aliphatic heterocycles. The highest BCUT2D eigenvalue weighted by Gasteiger charge is 2.34. The molecule has 148 valence electrons. The van der Waals surface area contributed by atoms with Gasteiger partial charge in [0.25, 0.3) is 5.91 Å². The summed E-state index contributed by atoms with van der Waals surface area (Å²) < 4.78 is 4.94. The predicted molar refractivity (Wildman–Crippen MR) is 109 cm³/mol. The van der Waals surface area contributed by atoms with Crippen LogP contribution in [0.1, 0.15) is 36.0 Å². The summed E-state index contributed by atoms with van der Waals surface area (Å²) in [5.41, 5.74) is 1.89. The first-order valence-electron chi connectivity index (χ1n) is 9.76. The van der Waals surface area contributed by atoms with Crippen molar-refractivity contribution in [3.63, 3.8) is 0 Å². The van der Waals surface area contributed by atoms with Gasteiger partial charge in [0, 0.05) is 23.6 Å². The molecule has 6 nitrogen and oxygen atoms in total. The summed E-state index contributed by atoms with van der Waals surface area (Å²) in [6.07, 6.45) is 2.22. The largest absolute Gasteiger partial charge is 0.467 e. The summed E-state index contributed by atoms with van der Waals surface area (Å²) >= 11 is 0. The third-order valence-electron chi connectivity index (χ3n) is 5.55. The SMILES string of the molecule is COC(=O)[C@@H](NC(=O)c1c2ccccc2nc2ccccc12)[C@@H]1CCCC(=O)C1. The van der Waals surface area contributed by atoms with Crippen molar-refractivity contribution < 1.29 is 19.1 Å². The van der Waals surface area contributed by atoms with E-state index in [4.69, 9.17) is 4.74 Å². The topological polar surface area (TPSA) is 85.4 Å². The molecular formula is C23H22N2O4. The van der Waals surface area contributed by atoms with E-state index in [-0.39, 0.29) is 24.0 Å². The number of methoxy groups -OCH3 is 1. The number of hydrogen-bond donors (Lipinski definition) is 1. The monoisotopic (exact) mass is 390 g/mol. The Balaban J connectivity index is 1.77. The first kappa shape index (κ1) is 19.1. The van der Waals surface area contributed by atoms with Crippen molar-refractivity contribution in [3.8, 4) is 0 Å². The maximum absolute atomic E-state index is 13.4. The molecule has 0 spiro atoms.